The molecule has 0 fully saturated rings. The second-order valence-electron chi connectivity index (χ2n) is 6.00. The van der Waals surface area contributed by atoms with Crippen molar-refractivity contribution in [2.24, 2.45) is 0 Å². The van der Waals surface area contributed by atoms with Gasteiger partial charge < -0.3 is 14.6 Å². The lowest BCUT2D eigenvalue weighted by molar-refractivity contribution is -0.147. The number of ether oxygens (including phenoxy) is 2. The van der Waals surface area contributed by atoms with E-state index in [4.69, 9.17) is 9.90 Å². The highest BCUT2D eigenvalue weighted by atomic mass is 16.5. The number of carbonyl (C=O) groups excluding carboxylic acids is 2. The number of hydrogen-bond donors (Lipinski definition) is 1. The molecule has 0 aliphatic carbocycles. The number of carboxylic acids is 1. The number of methoxy groups -OCH3 is 2. The van der Waals surface area contributed by atoms with Crippen LogP contribution in [0.4, 0.5) is 0 Å². The van der Waals surface area contributed by atoms with E-state index in [1.807, 2.05) is 0 Å². The number of esters is 2. The van der Waals surface area contributed by atoms with Gasteiger partial charge in [0.05, 0.1) is 27.1 Å². The Morgan fingerprint density at radius 3 is 1.08 bits per heavy atom. The van der Waals surface area contributed by atoms with Crippen molar-refractivity contribution in [2.75, 3.05) is 14.2 Å². The second kappa shape index (κ2) is 25.6. The maximum atomic E-state index is 10.4. The molecule has 6 nitrogen and oxygen atoms in total. The van der Waals surface area contributed by atoms with E-state index in [-0.39, 0.29) is 12.8 Å². The first kappa shape index (κ1) is 29.2. The monoisotopic (exact) mass is 376 g/mol. The summed E-state index contributed by atoms with van der Waals surface area (Å²) in [6.45, 7) is 5.64. The number of aliphatic carboxylic acids is 1. The van der Waals surface area contributed by atoms with E-state index in [1.54, 1.807) is 0 Å². The molecule has 0 heterocycles. The standard InChI is InChI=1S/C12H26.C6H10O4.C2H4O2/c1-3-5-7-9-11-12-10-8-6-4-2;1-9-5(7)3-4-6(8)10-2;1-2(3)4/h3-12H2,1-2H3;3-4H2,1-2H3;1H3,(H,3,4). The molecule has 0 saturated heterocycles. The topological polar surface area (TPSA) is 89.9 Å². The Morgan fingerprint density at radius 2 is 0.885 bits per heavy atom. The van der Waals surface area contributed by atoms with Gasteiger partial charge in [-0.2, -0.15) is 0 Å². The van der Waals surface area contributed by atoms with Crippen LogP contribution in [0.25, 0.3) is 0 Å². The molecular formula is C20H40O6. The Kier molecular flexibility index (Phi) is 28.8. The summed E-state index contributed by atoms with van der Waals surface area (Å²) < 4.78 is 8.60. The quantitative estimate of drug-likeness (QED) is 0.375. The molecule has 156 valence electrons. The summed E-state index contributed by atoms with van der Waals surface area (Å²) in [4.78, 5) is 29.8. The summed E-state index contributed by atoms with van der Waals surface area (Å²) in [6, 6.07) is 0. The molecule has 0 spiro atoms. The average molecular weight is 377 g/mol. The van der Waals surface area contributed by atoms with Crippen LogP contribution >= 0.6 is 0 Å². The van der Waals surface area contributed by atoms with Crippen LogP contribution in [0.3, 0.4) is 0 Å². The lowest BCUT2D eigenvalue weighted by Crippen LogP contribution is -2.06. The Balaban J connectivity index is -0.000000341. The third kappa shape index (κ3) is 38.1. The van der Waals surface area contributed by atoms with Crippen molar-refractivity contribution in [3.05, 3.63) is 0 Å². The van der Waals surface area contributed by atoms with Crippen molar-refractivity contribution in [1.29, 1.82) is 0 Å². The van der Waals surface area contributed by atoms with Crippen molar-refractivity contribution < 1.29 is 29.0 Å². The first-order valence-corrected chi connectivity index (χ1v) is 9.68. The molecule has 26 heavy (non-hydrogen) atoms. The van der Waals surface area contributed by atoms with E-state index < -0.39 is 17.9 Å². The summed E-state index contributed by atoms with van der Waals surface area (Å²) in [7, 11) is 2.55. The smallest absolute Gasteiger partial charge is 0.306 e. The zero-order valence-electron chi connectivity index (χ0n) is 17.5. The summed E-state index contributed by atoms with van der Waals surface area (Å²) in [5.41, 5.74) is 0. The Morgan fingerprint density at radius 1 is 0.654 bits per heavy atom. The fourth-order valence-corrected chi connectivity index (χ4v) is 1.97. The van der Waals surface area contributed by atoms with Crippen LogP contribution in [-0.2, 0) is 23.9 Å². The SMILES string of the molecule is CC(=O)O.CCCCCCCCCCCC.COC(=O)CCC(=O)OC. The Hall–Kier alpha value is -1.59. The van der Waals surface area contributed by atoms with Crippen molar-refractivity contribution in [3.63, 3.8) is 0 Å². The number of hydrogen-bond acceptors (Lipinski definition) is 5. The van der Waals surface area contributed by atoms with E-state index in [2.05, 4.69) is 23.3 Å². The van der Waals surface area contributed by atoms with E-state index in [0.717, 1.165) is 6.92 Å². The van der Waals surface area contributed by atoms with Gasteiger partial charge >= 0.3 is 11.9 Å². The van der Waals surface area contributed by atoms with Crippen LogP contribution in [0.15, 0.2) is 0 Å². The molecule has 0 aromatic carbocycles. The molecule has 6 heteroatoms. The number of carbonyl (C=O) groups is 3. The van der Waals surface area contributed by atoms with E-state index in [1.165, 1.54) is 78.4 Å². The fraction of sp³-hybridized carbons (Fsp3) is 0.850. The van der Waals surface area contributed by atoms with Gasteiger partial charge in [-0.1, -0.05) is 78.1 Å². The Labute approximate surface area is 159 Å². The molecule has 0 rings (SSSR count). The molecule has 0 atom stereocenters. The van der Waals surface area contributed by atoms with Gasteiger partial charge in [0.15, 0.2) is 0 Å². The molecule has 0 radical (unpaired) electrons. The van der Waals surface area contributed by atoms with Crippen LogP contribution in [-0.4, -0.2) is 37.2 Å². The third-order valence-electron chi connectivity index (χ3n) is 3.45. The molecular weight excluding hydrogens is 336 g/mol. The summed E-state index contributed by atoms with van der Waals surface area (Å²) in [5, 5.41) is 7.42. The van der Waals surface area contributed by atoms with Crippen LogP contribution in [0, 0.1) is 0 Å². The van der Waals surface area contributed by atoms with Crippen LogP contribution in [0.1, 0.15) is 97.8 Å². The maximum Gasteiger partial charge on any atom is 0.306 e. The molecule has 0 saturated carbocycles. The van der Waals surface area contributed by atoms with Crippen molar-refractivity contribution >= 4 is 17.9 Å². The van der Waals surface area contributed by atoms with Gasteiger partial charge in [0.25, 0.3) is 5.97 Å². The largest absolute Gasteiger partial charge is 0.481 e. The minimum atomic E-state index is -0.833. The van der Waals surface area contributed by atoms with Crippen molar-refractivity contribution in [1.82, 2.24) is 0 Å². The molecule has 0 amide bonds. The molecule has 0 aromatic rings. The molecule has 0 aromatic heterocycles. The highest BCUT2D eigenvalue weighted by Gasteiger charge is 2.05. The van der Waals surface area contributed by atoms with Crippen LogP contribution in [0.5, 0.6) is 0 Å². The summed E-state index contributed by atoms with van der Waals surface area (Å²) >= 11 is 0. The van der Waals surface area contributed by atoms with Gasteiger partial charge in [0.2, 0.25) is 0 Å². The van der Waals surface area contributed by atoms with Crippen molar-refractivity contribution in [2.45, 2.75) is 97.8 Å². The zero-order chi connectivity index (χ0) is 20.6. The summed E-state index contributed by atoms with van der Waals surface area (Å²) in [6.07, 6.45) is 14.6. The van der Waals surface area contributed by atoms with E-state index in [0.29, 0.717) is 0 Å². The minimum Gasteiger partial charge on any atom is -0.481 e. The molecule has 1 N–H and O–H groups in total. The van der Waals surface area contributed by atoms with Gasteiger partial charge in [-0.3, -0.25) is 14.4 Å². The Bertz CT molecular complexity index is 298. The van der Waals surface area contributed by atoms with Gasteiger partial charge in [-0.05, 0) is 0 Å². The third-order valence-corrected chi connectivity index (χ3v) is 3.45. The van der Waals surface area contributed by atoms with E-state index in [9.17, 15) is 9.59 Å². The predicted octanol–water partition coefficient (Wildman–Crippen LogP) is 5.13. The number of carboxylic acid groups (broad SMARTS) is 1. The van der Waals surface area contributed by atoms with Gasteiger partial charge in [0.1, 0.15) is 0 Å². The first-order valence-electron chi connectivity index (χ1n) is 9.68. The highest BCUT2D eigenvalue weighted by molar-refractivity contribution is 5.77. The minimum absolute atomic E-state index is 0.0865. The second-order valence-corrected chi connectivity index (χ2v) is 6.00. The van der Waals surface area contributed by atoms with Crippen LogP contribution in [0.2, 0.25) is 0 Å². The highest BCUT2D eigenvalue weighted by Crippen LogP contribution is 2.09. The lowest BCUT2D eigenvalue weighted by atomic mass is 10.1. The van der Waals surface area contributed by atoms with Crippen molar-refractivity contribution in [3.8, 4) is 0 Å². The number of unbranched alkanes of at least 4 members (excludes halogenated alkanes) is 9. The van der Waals surface area contributed by atoms with Crippen LogP contribution < -0.4 is 0 Å². The van der Waals surface area contributed by atoms with E-state index >= 15 is 0 Å². The zero-order valence-corrected chi connectivity index (χ0v) is 17.5. The average Bonchev–Trinajstić information content (AvgIpc) is 2.61. The molecule has 0 bridgehead atoms. The molecule has 0 aliphatic heterocycles. The number of rotatable bonds is 12. The van der Waals surface area contributed by atoms with Gasteiger partial charge in [-0.15, -0.1) is 0 Å². The first-order chi connectivity index (χ1) is 12.3. The maximum absolute atomic E-state index is 10.4. The predicted molar refractivity (Wildman–Crippen MR) is 104 cm³/mol. The molecule has 0 aliphatic rings. The van der Waals surface area contributed by atoms with Gasteiger partial charge in [-0.25, -0.2) is 0 Å². The summed E-state index contributed by atoms with van der Waals surface area (Å²) in [5.74, 6) is -1.63. The lowest BCUT2D eigenvalue weighted by Gasteiger charge is -1.99. The van der Waals surface area contributed by atoms with Gasteiger partial charge in [0, 0.05) is 6.92 Å². The fourth-order valence-electron chi connectivity index (χ4n) is 1.97. The normalized spacial score (nSPS) is 9.12. The molecule has 0 unspecified atom stereocenters.